The topological polar surface area (TPSA) is 29.9 Å². The van der Waals surface area contributed by atoms with Crippen LogP contribution in [0.5, 0.6) is 0 Å². The number of hydrogen-bond donors (Lipinski definition) is 1. The number of aryl methyl sites for hydroxylation is 1. The van der Waals surface area contributed by atoms with E-state index in [1.807, 2.05) is 17.9 Å². The van der Waals surface area contributed by atoms with Crippen LogP contribution >= 0.6 is 15.9 Å². The molecule has 1 N–H and O–H groups in total. The summed E-state index contributed by atoms with van der Waals surface area (Å²) in [4.78, 5) is 0. The number of nitrogens with zero attached hydrogens (tertiary/aromatic N) is 2. The predicted octanol–water partition coefficient (Wildman–Crippen LogP) is 3.41. The van der Waals surface area contributed by atoms with Gasteiger partial charge in [-0.25, -0.2) is 0 Å². The number of nitrogens with one attached hydrogen (secondary N) is 1. The van der Waals surface area contributed by atoms with Crippen LogP contribution in [0.2, 0.25) is 0 Å². The van der Waals surface area contributed by atoms with Crippen molar-refractivity contribution < 1.29 is 0 Å². The van der Waals surface area contributed by atoms with E-state index in [1.165, 1.54) is 37.8 Å². The third-order valence-corrected chi connectivity index (χ3v) is 4.39. The third kappa shape index (κ3) is 2.91. The van der Waals surface area contributed by atoms with Crippen LogP contribution in [0.15, 0.2) is 10.7 Å². The third-order valence-electron chi connectivity index (χ3n) is 3.78. The lowest BCUT2D eigenvalue weighted by Gasteiger charge is -2.31. The molecule has 1 aromatic rings. The lowest BCUT2D eigenvalue weighted by molar-refractivity contribution is 0.265. The zero-order chi connectivity index (χ0) is 12.3. The van der Waals surface area contributed by atoms with Crippen molar-refractivity contribution in [2.24, 2.45) is 13.0 Å². The van der Waals surface area contributed by atoms with Gasteiger partial charge >= 0.3 is 0 Å². The summed E-state index contributed by atoms with van der Waals surface area (Å²) in [6.45, 7) is 3.19. The first kappa shape index (κ1) is 13.1. The molecule has 0 aromatic carbocycles. The van der Waals surface area contributed by atoms with Crippen LogP contribution in [0.1, 0.15) is 50.8 Å². The first-order valence-electron chi connectivity index (χ1n) is 6.64. The zero-order valence-corrected chi connectivity index (χ0v) is 12.3. The van der Waals surface area contributed by atoms with Crippen molar-refractivity contribution in [2.75, 3.05) is 6.54 Å². The van der Waals surface area contributed by atoms with Gasteiger partial charge in [-0.15, -0.1) is 0 Å². The molecule has 1 fully saturated rings. The van der Waals surface area contributed by atoms with Crippen LogP contribution in [0.4, 0.5) is 0 Å². The largest absolute Gasteiger partial charge is 0.309 e. The Hall–Kier alpha value is -0.350. The van der Waals surface area contributed by atoms with Crippen LogP contribution in [-0.2, 0) is 7.05 Å². The molecule has 2 rings (SSSR count). The molecule has 17 heavy (non-hydrogen) atoms. The fourth-order valence-electron chi connectivity index (χ4n) is 2.94. The smallest absolute Gasteiger partial charge is 0.0695 e. The molecule has 96 valence electrons. The number of aromatic nitrogens is 2. The fourth-order valence-corrected chi connectivity index (χ4v) is 3.54. The molecule has 0 radical (unpaired) electrons. The Morgan fingerprint density at radius 2 is 2.18 bits per heavy atom. The van der Waals surface area contributed by atoms with Gasteiger partial charge in [-0.2, -0.15) is 5.10 Å². The molecule has 1 aliphatic carbocycles. The first-order chi connectivity index (χ1) is 8.24. The second-order valence-corrected chi connectivity index (χ2v) is 5.79. The second kappa shape index (κ2) is 6.01. The minimum Gasteiger partial charge on any atom is -0.309 e. The minimum atomic E-state index is 0.446. The lowest BCUT2D eigenvalue weighted by Crippen LogP contribution is -2.31. The molecule has 1 atom stereocenters. The van der Waals surface area contributed by atoms with E-state index in [-0.39, 0.29) is 0 Å². The van der Waals surface area contributed by atoms with Gasteiger partial charge in [0, 0.05) is 7.05 Å². The lowest BCUT2D eigenvalue weighted by atomic mass is 9.82. The highest BCUT2D eigenvalue weighted by molar-refractivity contribution is 9.10. The minimum absolute atomic E-state index is 0.446. The maximum Gasteiger partial charge on any atom is 0.0695 e. The van der Waals surface area contributed by atoms with Crippen LogP contribution in [0.3, 0.4) is 0 Å². The summed E-state index contributed by atoms with van der Waals surface area (Å²) in [5.74, 6) is 0.760. The van der Waals surface area contributed by atoms with E-state index in [0.29, 0.717) is 6.04 Å². The Kier molecular flexibility index (Phi) is 4.62. The molecule has 0 saturated heterocycles. The molecule has 1 aliphatic rings. The molecule has 3 nitrogen and oxygen atoms in total. The molecule has 1 unspecified atom stereocenters. The number of rotatable bonds is 4. The molecule has 4 heteroatoms. The van der Waals surface area contributed by atoms with Gasteiger partial charge in [0.15, 0.2) is 0 Å². The van der Waals surface area contributed by atoms with Gasteiger partial charge in [0.05, 0.1) is 22.4 Å². The molecule has 1 heterocycles. The Bertz CT molecular complexity index is 336. The van der Waals surface area contributed by atoms with E-state index < -0.39 is 0 Å². The van der Waals surface area contributed by atoms with Crippen molar-refractivity contribution in [3.63, 3.8) is 0 Å². The Morgan fingerprint density at radius 3 is 2.71 bits per heavy atom. The molecule has 0 spiro atoms. The summed E-state index contributed by atoms with van der Waals surface area (Å²) in [5.41, 5.74) is 1.30. The summed E-state index contributed by atoms with van der Waals surface area (Å²) in [5, 5.41) is 7.99. The highest BCUT2D eigenvalue weighted by Gasteiger charge is 2.28. The van der Waals surface area contributed by atoms with Crippen LogP contribution in [0.25, 0.3) is 0 Å². The van der Waals surface area contributed by atoms with Crippen molar-refractivity contribution in [3.05, 3.63) is 16.4 Å². The summed E-state index contributed by atoms with van der Waals surface area (Å²) < 4.78 is 3.14. The summed E-state index contributed by atoms with van der Waals surface area (Å²) in [6.07, 6.45) is 8.75. The van der Waals surface area contributed by atoms with E-state index in [2.05, 4.69) is 33.3 Å². The fraction of sp³-hybridized carbons (Fsp3) is 0.769. The van der Waals surface area contributed by atoms with E-state index in [9.17, 15) is 0 Å². The summed E-state index contributed by atoms with van der Waals surface area (Å²) in [7, 11) is 2.03. The van der Waals surface area contributed by atoms with Crippen LogP contribution < -0.4 is 5.32 Å². The van der Waals surface area contributed by atoms with Gasteiger partial charge < -0.3 is 5.32 Å². The number of halogens is 1. The van der Waals surface area contributed by atoms with Gasteiger partial charge in [-0.1, -0.05) is 26.2 Å². The van der Waals surface area contributed by atoms with Gasteiger partial charge in [0.2, 0.25) is 0 Å². The Balaban J connectivity index is 2.21. The average Bonchev–Trinajstić information content (AvgIpc) is 2.68. The van der Waals surface area contributed by atoms with Gasteiger partial charge in [-0.05, 0) is 41.2 Å². The highest BCUT2D eigenvalue weighted by atomic mass is 79.9. The molecular weight excluding hydrogens is 278 g/mol. The van der Waals surface area contributed by atoms with Gasteiger partial charge in [-0.3, -0.25) is 4.68 Å². The van der Waals surface area contributed by atoms with Crippen molar-refractivity contribution in [3.8, 4) is 0 Å². The van der Waals surface area contributed by atoms with Crippen molar-refractivity contribution >= 4 is 15.9 Å². The molecule has 1 saturated carbocycles. The zero-order valence-electron chi connectivity index (χ0n) is 10.7. The van der Waals surface area contributed by atoms with Gasteiger partial charge in [0.1, 0.15) is 0 Å². The number of hydrogen-bond acceptors (Lipinski definition) is 2. The highest BCUT2D eigenvalue weighted by Crippen LogP contribution is 2.36. The molecular formula is C13H22BrN3. The Labute approximate surface area is 112 Å². The standard InChI is InChI=1S/C13H22BrN3/c1-3-15-12(10-7-5-4-6-8-10)13-11(14)9-16-17(13)2/h9-10,12,15H,3-8H2,1-2H3. The molecule has 1 aromatic heterocycles. The Morgan fingerprint density at radius 1 is 1.47 bits per heavy atom. The van der Waals surface area contributed by atoms with E-state index in [1.54, 1.807) is 0 Å². The van der Waals surface area contributed by atoms with Crippen molar-refractivity contribution in [1.29, 1.82) is 0 Å². The van der Waals surface area contributed by atoms with E-state index in [4.69, 9.17) is 0 Å². The van der Waals surface area contributed by atoms with Crippen molar-refractivity contribution in [1.82, 2.24) is 15.1 Å². The van der Waals surface area contributed by atoms with E-state index >= 15 is 0 Å². The normalized spacial score (nSPS) is 19.5. The molecule has 0 bridgehead atoms. The monoisotopic (exact) mass is 299 g/mol. The summed E-state index contributed by atoms with van der Waals surface area (Å²) >= 11 is 3.63. The van der Waals surface area contributed by atoms with Gasteiger partial charge in [0.25, 0.3) is 0 Å². The summed E-state index contributed by atoms with van der Waals surface area (Å²) in [6, 6.07) is 0.446. The first-order valence-corrected chi connectivity index (χ1v) is 7.44. The molecule has 0 amide bonds. The van der Waals surface area contributed by atoms with Crippen LogP contribution in [-0.4, -0.2) is 16.3 Å². The quantitative estimate of drug-likeness (QED) is 0.923. The predicted molar refractivity (Wildman–Crippen MR) is 73.9 cm³/mol. The van der Waals surface area contributed by atoms with Crippen molar-refractivity contribution in [2.45, 2.75) is 45.1 Å². The maximum atomic E-state index is 4.34. The SMILES string of the molecule is CCNC(c1c(Br)cnn1C)C1CCCCC1. The maximum absolute atomic E-state index is 4.34. The van der Waals surface area contributed by atoms with E-state index in [0.717, 1.165) is 16.9 Å². The average molecular weight is 300 g/mol. The van der Waals surface area contributed by atoms with Crippen LogP contribution in [0, 0.1) is 5.92 Å². The molecule has 0 aliphatic heterocycles. The second-order valence-electron chi connectivity index (χ2n) is 4.93.